The molecule has 0 aliphatic carbocycles. The van der Waals surface area contributed by atoms with E-state index in [0.717, 1.165) is 35.2 Å². The van der Waals surface area contributed by atoms with Crippen molar-refractivity contribution in [2.45, 2.75) is 32.7 Å². The maximum atomic E-state index is 5.29. The van der Waals surface area contributed by atoms with E-state index in [0.29, 0.717) is 0 Å². The molecule has 1 unspecified atom stereocenters. The van der Waals surface area contributed by atoms with Crippen molar-refractivity contribution in [1.82, 2.24) is 15.5 Å². The average Bonchev–Trinajstić information content (AvgIpc) is 2.98. The van der Waals surface area contributed by atoms with E-state index in [1.54, 1.807) is 17.6 Å². The molecule has 0 saturated carbocycles. The smallest absolute Gasteiger partial charge is 0.134 e. The van der Waals surface area contributed by atoms with Gasteiger partial charge in [0, 0.05) is 12.8 Å². The third kappa shape index (κ3) is 3.38. The summed E-state index contributed by atoms with van der Waals surface area (Å²) in [6.07, 6.45) is 3.48. The van der Waals surface area contributed by atoms with Crippen LogP contribution in [0.2, 0.25) is 0 Å². The predicted octanol–water partition coefficient (Wildman–Crippen LogP) is 2.59. The number of furan rings is 1. The fraction of sp³-hybridized carbons (Fsp3) is 0.500. The molecule has 0 aromatic carbocycles. The van der Waals surface area contributed by atoms with Gasteiger partial charge in [-0.3, -0.25) is 0 Å². The van der Waals surface area contributed by atoms with Crippen molar-refractivity contribution in [3.05, 3.63) is 34.2 Å². The number of aryl methyl sites for hydroxylation is 2. The predicted molar refractivity (Wildman–Crippen MR) is 68.1 cm³/mol. The van der Waals surface area contributed by atoms with E-state index in [1.807, 2.05) is 12.1 Å². The van der Waals surface area contributed by atoms with Crippen LogP contribution < -0.4 is 5.32 Å². The highest BCUT2D eigenvalue weighted by Crippen LogP contribution is 2.19. The second-order valence-corrected chi connectivity index (χ2v) is 4.99. The molecular weight excluding hydrogens is 234 g/mol. The van der Waals surface area contributed by atoms with Crippen molar-refractivity contribution in [1.29, 1.82) is 0 Å². The first-order chi connectivity index (χ1) is 8.29. The summed E-state index contributed by atoms with van der Waals surface area (Å²) in [5, 5.41) is 13.9. The fourth-order valence-electron chi connectivity index (χ4n) is 1.62. The zero-order chi connectivity index (χ0) is 12.1. The van der Waals surface area contributed by atoms with Crippen molar-refractivity contribution >= 4 is 11.3 Å². The van der Waals surface area contributed by atoms with Crippen LogP contribution in [0.25, 0.3) is 0 Å². The number of aromatic nitrogens is 2. The zero-order valence-corrected chi connectivity index (χ0v) is 11.0. The highest BCUT2D eigenvalue weighted by Gasteiger charge is 2.10. The van der Waals surface area contributed by atoms with Gasteiger partial charge in [0.05, 0.1) is 12.3 Å². The van der Waals surface area contributed by atoms with Crippen LogP contribution in [0, 0.1) is 0 Å². The number of hydrogen-bond donors (Lipinski definition) is 1. The lowest BCUT2D eigenvalue weighted by molar-refractivity contribution is 0.508. The van der Waals surface area contributed by atoms with Crippen LogP contribution in [0.4, 0.5) is 0 Å². The van der Waals surface area contributed by atoms with Crippen LogP contribution in [0.1, 0.15) is 35.7 Å². The molecule has 0 aliphatic heterocycles. The first kappa shape index (κ1) is 12.3. The second-order valence-electron chi connectivity index (χ2n) is 3.89. The average molecular weight is 251 g/mol. The minimum atomic E-state index is 0.287. The minimum absolute atomic E-state index is 0.287. The molecule has 17 heavy (non-hydrogen) atoms. The summed E-state index contributed by atoms with van der Waals surface area (Å²) in [5.74, 6) is 1.00. The SMILES string of the molecule is CCNC(C)c1nnc(CCc2ccco2)s1. The summed E-state index contributed by atoms with van der Waals surface area (Å²) in [7, 11) is 0. The van der Waals surface area contributed by atoms with Crippen molar-refractivity contribution < 1.29 is 4.42 Å². The molecule has 5 heteroatoms. The quantitative estimate of drug-likeness (QED) is 0.857. The maximum absolute atomic E-state index is 5.29. The molecule has 1 atom stereocenters. The Morgan fingerprint density at radius 1 is 1.41 bits per heavy atom. The zero-order valence-electron chi connectivity index (χ0n) is 10.1. The Morgan fingerprint density at radius 2 is 2.29 bits per heavy atom. The van der Waals surface area contributed by atoms with Crippen LogP contribution in [-0.2, 0) is 12.8 Å². The van der Waals surface area contributed by atoms with Gasteiger partial charge in [0.1, 0.15) is 15.8 Å². The Hall–Kier alpha value is -1.20. The molecular formula is C12H17N3OS. The van der Waals surface area contributed by atoms with Crippen molar-refractivity contribution in [2.75, 3.05) is 6.54 Å². The summed E-state index contributed by atoms with van der Waals surface area (Å²) in [6.45, 7) is 5.15. The molecule has 0 spiro atoms. The molecule has 1 N–H and O–H groups in total. The van der Waals surface area contributed by atoms with Crippen LogP contribution >= 0.6 is 11.3 Å². The Kier molecular flexibility index (Phi) is 4.28. The van der Waals surface area contributed by atoms with Gasteiger partial charge in [-0.2, -0.15) is 0 Å². The Bertz CT molecular complexity index is 438. The highest BCUT2D eigenvalue weighted by molar-refractivity contribution is 7.11. The van der Waals surface area contributed by atoms with Gasteiger partial charge < -0.3 is 9.73 Å². The molecule has 2 heterocycles. The van der Waals surface area contributed by atoms with Crippen LogP contribution in [-0.4, -0.2) is 16.7 Å². The van der Waals surface area contributed by atoms with E-state index >= 15 is 0 Å². The molecule has 0 saturated heterocycles. The topological polar surface area (TPSA) is 51.0 Å². The van der Waals surface area contributed by atoms with Gasteiger partial charge in [0.15, 0.2) is 0 Å². The van der Waals surface area contributed by atoms with E-state index in [1.165, 1.54) is 0 Å². The number of hydrogen-bond acceptors (Lipinski definition) is 5. The molecule has 92 valence electrons. The first-order valence-corrected chi connectivity index (χ1v) is 6.69. The fourth-order valence-corrected chi connectivity index (χ4v) is 2.49. The van der Waals surface area contributed by atoms with Gasteiger partial charge >= 0.3 is 0 Å². The van der Waals surface area contributed by atoms with Crippen molar-refractivity contribution in [3.63, 3.8) is 0 Å². The largest absolute Gasteiger partial charge is 0.469 e. The number of nitrogens with one attached hydrogen (secondary N) is 1. The summed E-state index contributed by atoms with van der Waals surface area (Å²) in [4.78, 5) is 0. The van der Waals surface area contributed by atoms with Crippen LogP contribution in [0.5, 0.6) is 0 Å². The van der Waals surface area contributed by atoms with Crippen LogP contribution in [0.15, 0.2) is 22.8 Å². The molecule has 0 bridgehead atoms. The molecule has 0 fully saturated rings. The van der Waals surface area contributed by atoms with Gasteiger partial charge in [-0.05, 0) is 25.6 Å². The highest BCUT2D eigenvalue weighted by atomic mass is 32.1. The standard InChI is InChI=1S/C12H17N3OS/c1-3-13-9(2)12-15-14-11(17-12)7-6-10-5-4-8-16-10/h4-5,8-9,13H,3,6-7H2,1-2H3. The molecule has 0 amide bonds. The monoisotopic (exact) mass is 251 g/mol. The molecule has 2 aromatic rings. The summed E-state index contributed by atoms with van der Waals surface area (Å²) < 4.78 is 5.29. The third-order valence-corrected chi connectivity index (χ3v) is 3.69. The lowest BCUT2D eigenvalue weighted by atomic mass is 10.2. The maximum Gasteiger partial charge on any atom is 0.134 e. The number of nitrogens with zero attached hydrogens (tertiary/aromatic N) is 2. The van der Waals surface area contributed by atoms with Crippen molar-refractivity contribution in [3.8, 4) is 0 Å². The lowest BCUT2D eigenvalue weighted by Crippen LogP contribution is -2.17. The van der Waals surface area contributed by atoms with Gasteiger partial charge in [-0.25, -0.2) is 0 Å². The minimum Gasteiger partial charge on any atom is -0.469 e. The van der Waals surface area contributed by atoms with Gasteiger partial charge in [0.25, 0.3) is 0 Å². The van der Waals surface area contributed by atoms with E-state index in [2.05, 4.69) is 29.4 Å². The molecule has 4 nitrogen and oxygen atoms in total. The summed E-state index contributed by atoms with van der Waals surface area (Å²) >= 11 is 1.68. The third-order valence-electron chi connectivity index (χ3n) is 2.53. The Labute approximate surface area is 105 Å². The van der Waals surface area contributed by atoms with E-state index in [9.17, 15) is 0 Å². The van der Waals surface area contributed by atoms with E-state index < -0.39 is 0 Å². The van der Waals surface area contributed by atoms with Gasteiger partial charge in [0.2, 0.25) is 0 Å². The first-order valence-electron chi connectivity index (χ1n) is 5.87. The van der Waals surface area contributed by atoms with Gasteiger partial charge in [-0.15, -0.1) is 10.2 Å². The Balaban J connectivity index is 1.89. The van der Waals surface area contributed by atoms with E-state index in [4.69, 9.17) is 4.42 Å². The lowest BCUT2D eigenvalue weighted by Gasteiger charge is -2.06. The normalized spacial score (nSPS) is 12.8. The van der Waals surface area contributed by atoms with E-state index in [-0.39, 0.29) is 6.04 Å². The Morgan fingerprint density at radius 3 is 3.00 bits per heavy atom. The molecule has 0 radical (unpaired) electrons. The summed E-state index contributed by atoms with van der Waals surface area (Å²) in [5.41, 5.74) is 0. The van der Waals surface area contributed by atoms with Crippen molar-refractivity contribution in [2.24, 2.45) is 0 Å². The molecule has 0 aliphatic rings. The summed E-state index contributed by atoms with van der Waals surface area (Å²) in [6, 6.07) is 4.19. The van der Waals surface area contributed by atoms with Gasteiger partial charge in [-0.1, -0.05) is 18.3 Å². The van der Waals surface area contributed by atoms with Crippen LogP contribution in [0.3, 0.4) is 0 Å². The number of rotatable bonds is 6. The second kappa shape index (κ2) is 5.93. The molecule has 2 aromatic heterocycles. The molecule has 2 rings (SSSR count).